The summed E-state index contributed by atoms with van der Waals surface area (Å²) in [5.74, 6) is -0.324. The van der Waals surface area contributed by atoms with E-state index in [-0.39, 0.29) is 16.8 Å². The molecule has 7 heteroatoms. The summed E-state index contributed by atoms with van der Waals surface area (Å²) in [6.07, 6.45) is 2.77. The maximum absolute atomic E-state index is 12.9. The van der Waals surface area contributed by atoms with Gasteiger partial charge in [0.1, 0.15) is 0 Å². The SMILES string of the molecule is Cc1ccc(S(=O)(=O)N2CCCCC2)cc1C(=O)NC(C)c1ccc(C#N)cc1. The Morgan fingerprint density at radius 1 is 1.10 bits per heavy atom. The van der Waals surface area contributed by atoms with Crippen LogP contribution in [0, 0.1) is 18.3 Å². The highest BCUT2D eigenvalue weighted by Gasteiger charge is 2.27. The standard InChI is InChI=1S/C22H25N3O3S/c1-16-6-11-20(29(27,28)25-12-4-3-5-13-25)14-21(16)22(26)24-17(2)19-9-7-18(15-23)8-10-19/h6-11,14,17H,3-5,12-13H2,1-2H3,(H,24,26). The molecule has 1 aliphatic rings. The third kappa shape index (κ3) is 4.66. The number of hydrogen-bond acceptors (Lipinski definition) is 4. The zero-order chi connectivity index (χ0) is 21.0. The van der Waals surface area contributed by atoms with Crippen molar-refractivity contribution in [3.05, 3.63) is 64.7 Å². The number of carbonyl (C=O) groups is 1. The van der Waals surface area contributed by atoms with Crippen molar-refractivity contribution in [2.45, 2.75) is 44.0 Å². The van der Waals surface area contributed by atoms with Crippen molar-refractivity contribution >= 4 is 15.9 Å². The predicted octanol–water partition coefficient (Wildman–Crippen LogP) is 3.53. The second-order valence-electron chi connectivity index (χ2n) is 7.37. The largest absolute Gasteiger partial charge is 0.346 e. The van der Waals surface area contributed by atoms with Crippen LogP contribution in [0.2, 0.25) is 0 Å². The first-order chi connectivity index (χ1) is 13.8. The summed E-state index contributed by atoms with van der Waals surface area (Å²) < 4.78 is 27.4. The molecule has 0 aromatic heterocycles. The van der Waals surface area contributed by atoms with Gasteiger partial charge in [-0.1, -0.05) is 24.6 Å². The topological polar surface area (TPSA) is 90.3 Å². The lowest BCUT2D eigenvalue weighted by molar-refractivity contribution is 0.0939. The first-order valence-corrected chi connectivity index (χ1v) is 11.2. The Morgan fingerprint density at radius 3 is 2.38 bits per heavy atom. The van der Waals surface area contributed by atoms with Gasteiger partial charge in [-0.2, -0.15) is 9.57 Å². The molecule has 152 valence electrons. The quantitative estimate of drug-likeness (QED) is 0.815. The fourth-order valence-electron chi connectivity index (χ4n) is 3.46. The van der Waals surface area contributed by atoms with Gasteiger partial charge in [0.05, 0.1) is 22.6 Å². The van der Waals surface area contributed by atoms with Gasteiger partial charge in [-0.25, -0.2) is 8.42 Å². The molecule has 1 aliphatic heterocycles. The number of amides is 1. The lowest BCUT2D eigenvalue weighted by Gasteiger charge is -2.26. The molecule has 1 fully saturated rings. The van der Waals surface area contributed by atoms with Crippen molar-refractivity contribution in [2.24, 2.45) is 0 Å². The molecular weight excluding hydrogens is 386 g/mol. The maximum Gasteiger partial charge on any atom is 0.252 e. The highest BCUT2D eigenvalue weighted by molar-refractivity contribution is 7.89. The lowest BCUT2D eigenvalue weighted by Crippen LogP contribution is -2.35. The summed E-state index contributed by atoms with van der Waals surface area (Å²) in [5.41, 5.74) is 2.49. The van der Waals surface area contributed by atoms with Crippen LogP contribution in [0.4, 0.5) is 0 Å². The molecule has 1 unspecified atom stereocenters. The minimum atomic E-state index is -3.60. The average Bonchev–Trinajstić information content (AvgIpc) is 2.74. The Morgan fingerprint density at radius 2 is 1.76 bits per heavy atom. The van der Waals surface area contributed by atoms with Crippen LogP contribution in [0.15, 0.2) is 47.4 Å². The second-order valence-corrected chi connectivity index (χ2v) is 9.31. The summed E-state index contributed by atoms with van der Waals surface area (Å²) in [6.45, 7) is 4.68. The molecule has 1 atom stereocenters. The van der Waals surface area contributed by atoms with Crippen LogP contribution in [-0.2, 0) is 10.0 Å². The van der Waals surface area contributed by atoms with Gasteiger partial charge in [0.25, 0.3) is 5.91 Å². The molecule has 1 amide bonds. The van der Waals surface area contributed by atoms with Crippen molar-refractivity contribution in [1.29, 1.82) is 5.26 Å². The van der Waals surface area contributed by atoms with Crippen LogP contribution in [0.25, 0.3) is 0 Å². The number of rotatable bonds is 5. The van der Waals surface area contributed by atoms with Crippen molar-refractivity contribution < 1.29 is 13.2 Å². The first-order valence-electron chi connectivity index (χ1n) is 9.74. The number of carbonyl (C=O) groups excluding carboxylic acids is 1. The minimum absolute atomic E-state index is 0.154. The molecule has 0 radical (unpaired) electrons. The zero-order valence-electron chi connectivity index (χ0n) is 16.7. The molecule has 0 spiro atoms. The molecule has 1 saturated heterocycles. The number of aryl methyl sites for hydroxylation is 1. The maximum atomic E-state index is 12.9. The van der Waals surface area contributed by atoms with Gasteiger partial charge in [0.15, 0.2) is 0 Å². The van der Waals surface area contributed by atoms with Gasteiger partial charge in [0.2, 0.25) is 10.0 Å². The number of nitrogens with zero attached hydrogens (tertiary/aromatic N) is 2. The van der Waals surface area contributed by atoms with Crippen molar-refractivity contribution in [3.8, 4) is 6.07 Å². The van der Waals surface area contributed by atoms with E-state index in [0.717, 1.165) is 24.8 Å². The lowest BCUT2D eigenvalue weighted by atomic mass is 10.0. The number of nitriles is 1. The van der Waals surface area contributed by atoms with E-state index in [1.165, 1.54) is 10.4 Å². The molecule has 0 aliphatic carbocycles. The van der Waals surface area contributed by atoms with Gasteiger partial charge in [0, 0.05) is 18.7 Å². The summed E-state index contributed by atoms with van der Waals surface area (Å²) >= 11 is 0. The van der Waals surface area contributed by atoms with E-state index in [2.05, 4.69) is 11.4 Å². The van der Waals surface area contributed by atoms with Crippen LogP contribution in [0.3, 0.4) is 0 Å². The Hall–Kier alpha value is -2.69. The van der Waals surface area contributed by atoms with Crippen molar-refractivity contribution in [1.82, 2.24) is 9.62 Å². The molecule has 29 heavy (non-hydrogen) atoms. The van der Waals surface area contributed by atoms with E-state index in [9.17, 15) is 13.2 Å². The first kappa shape index (κ1) is 21.0. The second kappa shape index (κ2) is 8.76. The number of nitrogens with one attached hydrogen (secondary N) is 1. The highest BCUT2D eigenvalue weighted by atomic mass is 32.2. The fraction of sp³-hybridized carbons (Fsp3) is 0.364. The molecule has 0 saturated carbocycles. The van der Waals surface area contributed by atoms with Crippen LogP contribution in [0.5, 0.6) is 0 Å². The summed E-state index contributed by atoms with van der Waals surface area (Å²) in [4.78, 5) is 13.0. The Labute approximate surface area is 172 Å². The van der Waals surface area contributed by atoms with Crippen molar-refractivity contribution in [2.75, 3.05) is 13.1 Å². The Balaban J connectivity index is 1.81. The van der Waals surface area contributed by atoms with Crippen LogP contribution >= 0.6 is 0 Å². The van der Waals surface area contributed by atoms with Gasteiger partial charge in [-0.3, -0.25) is 4.79 Å². The molecule has 3 rings (SSSR count). The zero-order valence-corrected chi connectivity index (χ0v) is 17.5. The normalized spacial score (nSPS) is 16.0. The molecule has 1 N–H and O–H groups in total. The van der Waals surface area contributed by atoms with Crippen molar-refractivity contribution in [3.63, 3.8) is 0 Å². The van der Waals surface area contributed by atoms with E-state index < -0.39 is 10.0 Å². The van der Waals surface area contributed by atoms with E-state index in [4.69, 9.17) is 5.26 Å². The van der Waals surface area contributed by atoms with E-state index in [1.807, 2.05) is 6.92 Å². The fourth-order valence-corrected chi connectivity index (χ4v) is 5.01. The third-order valence-corrected chi connectivity index (χ3v) is 7.19. The molecule has 2 aromatic rings. The van der Waals surface area contributed by atoms with Crippen LogP contribution in [0.1, 0.15) is 59.3 Å². The number of piperidine rings is 1. The Kier molecular flexibility index (Phi) is 6.36. The minimum Gasteiger partial charge on any atom is -0.346 e. The van der Waals surface area contributed by atoms with Gasteiger partial charge >= 0.3 is 0 Å². The van der Waals surface area contributed by atoms with Crippen LogP contribution < -0.4 is 5.32 Å². The van der Waals surface area contributed by atoms with E-state index in [0.29, 0.717) is 29.8 Å². The molecular formula is C22H25N3O3S. The van der Waals surface area contributed by atoms with E-state index in [1.54, 1.807) is 43.3 Å². The van der Waals surface area contributed by atoms with E-state index >= 15 is 0 Å². The average molecular weight is 412 g/mol. The Bertz CT molecular complexity index is 1030. The van der Waals surface area contributed by atoms with Gasteiger partial charge < -0.3 is 5.32 Å². The monoisotopic (exact) mass is 411 g/mol. The number of benzene rings is 2. The third-order valence-electron chi connectivity index (χ3n) is 5.29. The predicted molar refractivity (Wildman–Crippen MR) is 111 cm³/mol. The molecule has 6 nitrogen and oxygen atoms in total. The van der Waals surface area contributed by atoms with Gasteiger partial charge in [-0.05, 0) is 62.1 Å². The summed E-state index contributed by atoms with van der Waals surface area (Å²) in [6, 6.07) is 13.5. The smallest absolute Gasteiger partial charge is 0.252 e. The summed E-state index contributed by atoms with van der Waals surface area (Å²) in [5, 5.41) is 11.8. The molecule has 0 bridgehead atoms. The number of hydrogen-bond donors (Lipinski definition) is 1. The van der Waals surface area contributed by atoms with Crippen LogP contribution in [-0.4, -0.2) is 31.7 Å². The summed E-state index contributed by atoms with van der Waals surface area (Å²) in [7, 11) is -3.60. The van der Waals surface area contributed by atoms with Gasteiger partial charge in [-0.15, -0.1) is 0 Å². The molecule has 1 heterocycles. The highest BCUT2D eigenvalue weighted by Crippen LogP contribution is 2.23. The number of sulfonamides is 1. The molecule has 2 aromatic carbocycles.